The summed E-state index contributed by atoms with van der Waals surface area (Å²) in [5.74, 6) is -0.110. The fourth-order valence-electron chi connectivity index (χ4n) is 4.55. The van der Waals surface area contributed by atoms with Gasteiger partial charge < -0.3 is 9.64 Å². The predicted octanol–water partition coefficient (Wildman–Crippen LogP) is 5.60. The zero-order valence-corrected chi connectivity index (χ0v) is 18.3. The Balaban J connectivity index is 1.73. The molecular formula is C23H24ClF3N2O2. The molecule has 2 heterocycles. The zero-order chi connectivity index (χ0) is 22.5. The van der Waals surface area contributed by atoms with Gasteiger partial charge in [0.05, 0.1) is 35.2 Å². The number of carbonyl (C=O) groups excluding carboxylic acids is 1. The zero-order valence-electron chi connectivity index (χ0n) is 17.5. The molecule has 31 heavy (non-hydrogen) atoms. The first-order chi connectivity index (χ1) is 14.6. The SMILES string of the molecule is CCOC(=O)C1CC1C1CC(c2ccc(C)cc2C)N2C=C(C(F)(F)F)C=C(Cl)C2=N1. The molecule has 0 amide bonds. The average Bonchev–Trinajstić information content (AvgIpc) is 3.48. The normalized spacial score (nSPS) is 27.7. The van der Waals surface area contributed by atoms with Gasteiger partial charge in [0.2, 0.25) is 0 Å². The molecule has 1 aliphatic carbocycles. The summed E-state index contributed by atoms with van der Waals surface area (Å²) < 4.78 is 45.6. The summed E-state index contributed by atoms with van der Waals surface area (Å²) in [5, 5.41) is -0.0392. The van der Waals surface area contributed by atoms with Crippen molar-refractivity contribution in [3.05, 3.63) is 57.8 Å². The Bertz CT molecular complexity index is 999. The molecule has 0 saturated heterocycles. The van der Waals surface area contributed by atoms with Crippen molar-refractivity contribution in [1.82, 2.24) is 4.90 Å². The van der Waals surface area contributed by atoms with Crippen LogP contribution in [0.4, 0.5) is 13.2 Å². The second-order valence-electron chi connectivity index (χ2n) is 8.37. The minimum absolute atomic E-state index is 0.0133. The molecule has 1 aromatic rings. The molecule has 0 spiro atoms. The highest BCUT2D eigenvalue weighted by Gasteiger charge is 2.52. The second kappa shape index (κ2) is 8.01. The van der Waals surface area contributed by atoms with Gasteiger partial charge in [-0.1, -0.05) is 35.4 Å². The number of alkyl halides is 3. The summed E-state index contributed by atoms with van der Waals surface area (Å²) >= 11 is 6.30. The minimum Gasteiger partial charge on any atom is -0.466 e. The van der Waals surface area contributed by atoms with Crippen molar-refractivity contribution < 1.29 is 22.7 Å². The van der Waals surface area contributed by atoms with E-state index in [4.69, 9.17) is 21.3 Å². The number of benzene rings is 1. The highest BCUT2D eigenvalue weighted by atomic mass is 35.5. The molecule has 166 valence electrons. The van der Waals surface area contributed by atoms with Crippen molar-refractivity contribution in [2.24, 2.45) is 16.8 Å². The Morgan fingerprint density at radius 3 is 2.68 bits per heavy atom. The van der Waals surface area contributed by atoms with Crippen LogP contribution in [0.3, 0.4) is 0 Å². The van der Waals surface area contributed by atoms with E-state index in [0.29, 0.717) is 25.3 Å². The van der Waals surface area contributed by atoms with Crippen molar-refractivity contribution in [2.75, 3.05) is 6.61 Å². The number of fused-ring (bicyclic) bond motifs is 1. The lowest BCUT2D eigenvalue weighted by atomic mass is 9.89. The average molecular weight is 453 g/mol. The lowest BCUT2D eigenvalue weighted by molar-refractivity contribution is -0.145. The van der Waals surface area contributed by atoms with Gasteiger partial charge in [-0.15, -0.1) is 0 Å². The van der Waals surface area contributed by atoms with E-state index in [-0.39, 0.29) is 34.9 Å². The molecule has 0 aromatic heterocycles. The van der Waals surface area contributed by atoms with Gasteiger partial charge in [0.1, 0.15) is 5.84 Å². The van der Waals surface area contributed by atoms with E-state index >= 15 is 0 Å². The summed E-state index contributed by atoms with van der Waals surface area (Å²) in [5.41, 5.74) is 2.20. The van der Waals surface area contributed by atoms with Crippen molar-refractivity contribution in [3.8, 4) is 0 Å². The van der Waals surface area contributed by atoms with Gasteiger partial charge >= 0.3 is 12.1 Å². The quantitative estimate of drug-likeness (QED) is 0.558. The Kier molecular flexibility index (Phi) is 5.66. The van der Waals surface area contributed by atoms with Crippen LogP contribution in [0.15, 0.2) is 46.1 Å². The monoisotopic (exact) mass is 452 g/mol. The summed E-state index contributed by atoms with van der Waals surface area (Å²) in [4.78, 5) is 18.4. The van der Waals surface area contributed by atoms with Gasteiger partial charge in [-0.2, -0.15) is 13.2 Å². The number of carbonyl (C=O) groups is 1. The Morgan fingerprint density at radius 1 is 1.29 bits per heavy atom. The van der Waals surface area contributed by atoms with Crippen LogP contribution in [0.1, 0.15) is 42.5 Å². The molecule has 1 saturated carbocycles. The van der Waals surface area contributed by atoms with E-state index < -0.39 is 11.7 Å². The molecule has 4 nitrogen and oxygen atoms in total. The smallest absolute Gasteiger partial charge is 0.417 e. The van der Waals surface area contributed by atoms with Gasteiger partial charge in [-0.05, 0) is 56.7 Å². The lowest BCUT2D eigenvalue weighted by Crippen LogP contribution is -2.41. The molecule has 4 atom stereocenters. The van der Waals surface area contributed by atoms with E-state index in [9.17, 15) is 18.0 Å². The largest absolute Gasteiger partial charge is 0.466 e. The highest BCUT2D eigenvalue weighted by molar-refractivity contribution is 6.43. The summed E-state index contributed by atoms with van der Waals surface area (Å²) in [7, 11) is 0. The number of nitrogens with zero attached hydrogens (tertiary/aromatic N) is 2. The number of allylic oxidation sites excluding steroid dienone is 2. The number of aryl methyl sites for hydroxylation is 2. The topological polar surface area (TPSA) is 41.9 Å². The number of esters is 1. The first-order valence-electron chi connectivity index (χ1n) is 10.4. The number of amidine groups is 1. The number of rotatable bonds is 4. The minimum atomic E-state index is -4.51. The number of hydrogen-bond donors (Lipinski definition) is 0. The second-order valence-corrected chi connectivity index (χ2v) is 8.78. The molecule has 4 unspecified atom stereocenters. The Morgan fingerprint density at radius 2 is 2.03 bits per heavy atom. The van der Waals surface area contributed by atoms with Crippen molar-refractivity contribution in [1.29, 1.82) is 0 Å². The first-order valence-corrected chi connectivity index (χ1v) is 10.7. The summed E-state index contributed by atoms with van der Waals surface area (Å²) in [6.07, 6.45) is -1.32. The van der Waals surface area contributed by atoms with Crippen LogP contribution >= 0.6 is 11.6 Å². The van der Waals surface area contributed by atoms with E-state index in [2.05, 4.69) is 0 Å². The van der Waals surface area contributed by atoms with Gasteiger partial charge in [0.25, 0.3) is 0 Å². The molecule has 0 radical (unpaired) electrons. The number of aliphatic imine (C=N–C) groups is 1. The van der Waals surface area contributed by atoms with Crippen molar-refractivity contribution >= 4 is 23.4 Å². The third kappa shape index (κ3) is 4.25. The maximum absolute atomic E-state index is 13.5. The van der Waals surface area contributed by atoms with Crippen molar-refractivity contribution in [3.63, 3.8) is 0 Å². The van der Waals surface area contributed by atoms with Crippen LogP contribution in [0.25, 0.3) is 0 Å². The van der Waals surface area contributed by atoms with Crippen LogP contribution in [0, 0.1) is 25.7 Å². The van der Waals surface area contributed by atoms with E-state index in [1.165, 1.54) is 0 Å². The van der Waals surface area contributed by atoms with Crippen LogP contribution in [-0.4, -0.2) is 35.5 Å². The van der Waals surface area contributed by atoms with Gasteiger partial charge in [-0.3, -0.25) is 9.79 Å². The Hall–Kier alpha value is -2.28. The van der Waals surface area contributed by atoms with Crippen LogP contribution in [0.2, 0.25) is 0 Å². The Labute approximate surface area is 184 Å². The molecule has 4 rings (SSSR count). The van der Waals surface area contributed by atoms with Gasteiger partial charge in [0.15, 0.2) is 0 Å². The third-order valence-electron chi connectivity index (χ3n) is 6.14. The van der Waals surface area contributed by atoms with Crippen LogP contribution < -0.4 is 0 Å². The predicted molar refractivity (Wildman–Crippen MR) is 113 cm³/mol. The fraction of sp³-hybridized carbons (Fsp3) is 0.478. The molecule has 2 aliphatic heterocycles. The van der Waals surface area contributed by atoms with Crippen LogP contribution in [0.5, 0.6) is 0 Å². The molecule has 0 N–H and O–H groups in total. The van der Waals surface area contributed by atoms with E-state index in [0.717, 1.165) is 29.0 Å². The molecule has 3 aliphatic rings. The van der Waals surface area contributed by atoms with E-state index in [1.54, 1.807) is 11.8 Å². The summed E-state index contributed by atoms with van der Waals surface area (Å²) in [6.45, 7) is 6.02. The standard InChI is InChI=1S/C23H24ClF3N2O2/c1-4-31-22(30)17-9-16(17)19-10-20(15-6-5-12(2)7-13(15)3)29-11-14(23(25,26)27)8-18(24)21(29)28-19/h5-8,11,16-17,19-20H,4,9-10H2,1-3H3. The maximum atomic E-state index is 13.5. The summed E-state index contributed by atoms with van der Waals surface area (Å²) in [6, 6.07) is 5.36. The lowest BCUT2D eigenvalue weighted by Gasteiger charge is -2.41. The van der Waals surface area contributed by atoms with Gasteiger partial charge in [-0.25, -0.2) is 0 Å². The van der Waals surface area contributed by atoms with Crippen LogP contribution in [-0.2, 0) is 9.53 Å². The maximum Gasteiger partial charge on any atom is 0.417 e. The molecule has 0 bridgehead atoms. The molecular weight excluding hydrogens is 429 g/mol. The fourth-order valence-corrected chi connectivity index (χ4v) is 4.82. The van der Waals surface area contributed by atoms with Gasteiger partial charge in [0, 0.05) is 6.20 Å². The van der Waals surface area contributed by atoms with Crippen molar-refractivity contribution in [2.45, 2.75) is 51.9 Å². The molecule has 8 heteroatoms. The highest BCUT2D eigenvalue weighted by Crippen LogP contribution is 2.50. The molecule has 1 fully saturated rings. The number of ether oxygens (including phenoxy) is 1. The number of hydrogen-bond acceptors (Lipinski definition) is 4. The molecule has 1 aromatic carbocycles. The number of halogens is 4. The van der Waals surface area contributed by atoms with E-state index in [1.807, 2.05) is 32.0 Å². The first kappa shape index (κ1) is 21.9. The third-order valence-corrected chi connectivity index (χ3v) is 6.42.